The number of nitrogen functional groups attached to an aromatic ring is 1. The van der Waals surface area contributed by atoms with Crippen LogP contribution in [0.1, 0.15) is 38.7 Å². The van der Waals surface area contributed by atoms with Crippen molar-refractivity contribution in [2.24, 2.45) is 5.41 Å². The molecule has 1 aromatic heterocycles. The van der Waals surface area contributed by atoms with Crippen molar-refractivity contribution in [3.63, 3.8) is 0 Å². The van der Waals surface area contributed by atoms with Gasteiger partial charge in [0.25, 0.3) is 0 Å². The van der Waals surface area contributed by atoms with Crippen molar-refractivity contribution >= 4 is 26.7 Å². The maximum atomic E-state index is 5.77. The van der Waals surface area contributed by atoms with Crippen molar-refractivity contribution in [1.29, 1.82) is 0 Å². The van der Waals surface area contributed by atoms with Gasteiger partial charge in [0.15, 0.2) is 5.13 Å². The van der Waals surface area contributed by atoms with Gasteiger partial charge in [0, 0.05) is 13.1 Å². The van der Waals surface area contributed by atoms with Crippen LogP contribution in [0.3, 0.4) is 0 Å². The quantitative estimate of drug-likeness (QED) is 0.928. The number of hydrogen-bond acceptors (Lipinski definition) is 4. The summed E-state index contributed by atoms with van der Waals surface area (Å²) in [6.45, 7) is 8.18. The number of fused-ring (bicyclic) bond motifs is 1. The molecule has 108 valence electrons. The van der Waals surface area contributed by atoms with Gasteiger partial charge in [-0.05, 0) is 48.9 Å². The molecule has 1 aromatic carbocycles. The lowest BCUT2D eigenvalue weighted by molar-refractivity contribution is 0.236. The Balaban J connectivity index is 1.73. The van der Waals surface area contributed by atoms with E-state index in [-0.39, 0.29) is 0 Å². The fraction of sp³-hybridized carbons (Fsp3) is 0.562. The summed E-state index contributed by atoms with van der Waals surface area (Å²) in [6, 6.07) is 6.54. The molecule has 1 aliphatic rings. The summed E-state index contributed by atoms with van der Waals surface area (Å²) in [7, 11) is 0. The first-order valence-corrected chi connectivity index (χ1v) is 8.33. The maximum Gasteiger partial charge on any atom is 0.181 e. The Morgan fingerprint density at radius 1 is 1.35 bits per heavy atom. The van der Waals surface area contributed by atoms with E-state index in [1.807, 2.05) is 0 Å². The van der Waals surface area contributed by atoms with Gasteiger partial charge < -0.3 is 5.73 Å². The van der Waals surface area contributed by atoms with E-state index in [4.69, 9.17) is 5.73 Å². The predicted octanol–water partition coefficient (Wildman–Crippen LogP) is 3.89. The predicted molar refractivity (Wildman–Crippen MR) is 86.9 cm³/mol. The maximum absolute atomic E-state index is 5.77. The first-order valence-electron chi connectivity index (χ1n) is 7.51. The molecule has 0 aliphatic carbocycles. The fourth-order valence-electron chi connectivity index (χ4n) is 3.33. The molecule has 1 saturated heterocycles. The second-order valence-corrected chi connectivity index (χ2v) is 7.08. The van der Waals surface area contributed by atoms with Crippen molar-refractivity contribution in [2.45, 2.75) is 39.7 Å². The molecular weight excluding hydrogens is 266 g/mol. The summed E-state index contributed by atoms with van der Waals surface area (Å²) in [5.41, 5.74) is 8.73. The summed E-state index contributed by atoms with van der Waals surface area (Å²) in [6.07, 6.45) is 3.94. The van der Waals surface area contributed by atoms with E-state index >= 15 is 0 Å². The summed E-state index contributed by atoms with van der Waals surface area (Å²) < 4.78 is 1.21. The molecule has 20 heavy (non-hydrogen) atoms. The van der Waals surface area contributed by atoms with Crippen LogP contribution in [-0.4, -0.2) is 23.0 Å². The highest BCUT2D eigenvalue weighted by atomic mass is 32.1. The summed E-state index contributed by atoms with van der Waals surface area (Å²) in [4.78, 5) is 6.91. The van der Waals surface area contributed by atoms with Crippen LogP contribution in [0.25, 0.3) is 10.2 Å². The average Bonchev–Trinajstić information content (AvgIpc) is 3.01. The Morgan fingerprint density at radius 2 is 2.15 bits per heavy atom. The van der Waals surface area contributed by atoms with Crippen LogP contribution < -0.4 is 5.73 Å². The van der Waals surface area contributed by atoms with Crippen LogP contribution >= 0.6 is 11.3 Å². The van der Waals surface area contributed by atoms with Gasteiger partial charge in [-0.2, -0.15) is 0 Å². The van der Waals surface area contributed by atoms with Gasteiger partial charge in [0.1, 0.15) is 0 Å². The van der Waals surface area contributed by atoms with Crippen LogP contribution in [0.2, 0.25) is 0 Å². The third-order valence-corrected chi connectivity index (χ3v) is 5.74. The molecule has 2 N–H and O–H groups in total. The SMILES string of the molecule is CCC1(CC)CCN(Cc2ccc3nc(N)sc3c2)C1. The van der Waals surface area contributed by atoms with E-state index in [9.17, 15) is 0 Å². The van der Waals surface area contributed by atoms with Gasteiger partial charge in [-0.3, -0.25) is 4.90 Å². The molecular formula is C16H23N3S. The van der Waals surface area contributed by atoms with E-state index in [0.717, 1.165) is 12.1 Å². The summed E-state index contributed by atoms with van der Waals surface area (Å²) >= 11 is 1.58. The van der Waals surface area contributed by atoms with Crippen LogP contribution in [0, 0.1) is 5.41 Å². The lowest BCUT2D eigenvalue weighted by Crippen LogP contribution is -2.26. The largest absolute Gasteiger partial charge is 0.375 e. The summed E-state index contributed by atoms with van der Waals surface area (Å²) in [5.74, 6) is 0. The molecule has 2 heterocycles. The Labute approximate surface area is 124 Å². The molecule has 0 atom stereocenters. The van der Waals surface area contributed by atoms with Crippen molar-refractivity contribution in [3.8, 4) is 0 Å². The van der Waals surface area contributed by atoms with Crippen LogP contribution in [0.4, 0.5) is 5.13 Å². The standard InChI is InChI=1S/C16H23N3S/c1-3-16(4-2)7-8-19(11-16)10-12-5-6-13-14(9-12)20-15(17)18-13/h5-6,9H,3-4,7-8,10-11H2,1-2H3,(H2,17,18). The Hall–Kier alpha value is -1.13. The molecule has 2 aromatic rings. The number of anilines is 1. The number of nitrogens with zero attached hydrogens (tertiary/aromatic N) is 2. The minimum Gasteiger partial charge on any atom is -0.375 e. The van der Waals surface area contributed by atoms with Crippen molar-refractivity contribution < 1.29 is 0 Å². The Bertz CT molecular complexity index is 601. The van der Waals surface area contributed by atoms with Crippen molar-refractivity contribution in [2.75, 3.05) is 18.8 Å². The molecule has 0 amide bonds. The number of aromatic nitrogens is 1. The van der Waals surface area contributed by atoms with Gasteiger partial charge in [-0.1, -0.05) is 31.3 Å². The molecule has 3 nitrogen and oxygen atoms in total. The van der Waals surface area contributed by atoms with Crippen molar-refractivity contribution in [3.05, 3.63) is 23.8 Å². The number of thiazole rings is 1. The first kappa shape index (κ1) is 13.8. The smallest absolute Gasteiger partial charge is 0.181 e. The highest BCUT2D eigenvalue weighted by molar-refractivity contribution is 7.22. The van der Waals surface area contributed by atoms with Crippen LogP contribution in [0.15, 0.2) is 18.2 Å². The molecule has 0 unspecified atom stereocenters. The molecule has 0 saturated carbocycles. The topological polar surface area (TPSA) is 42.2 Å². The second kappa shape index (κ2) is 5.34. The molecule has 1 aliphatic heterocycles. The number of nitrogens with two attached hydrogens (primary N) is 1. The Kier molecular flexibility index (Phi) is 3.69. The van der Waals surface area contributed by atoms with E-state index in [1.165, 1.54) is 42.6 Å². The van der Waals surface area contributed by atoms with Gasteiger partial charge in [-0.15, -0.1) is 0 Å². The molecule has 4 heteroatoms. The number of hydrogen-bond donors (Lipinski definition) is 1. The van der Waals surface area contributed by atoms with Gasteiger partial charge in [-0.25, -0.2) is 4.98 Å². The Morgan fingerprint density at radius 3 is 2.85 bits per heavy atom. The van der Waals surface area contributed by atoms with Crippen LogP contribution in [-0.2, 0) is 6.54 Å². The third kappa shape index (κ3) is 2.54. The highest BCUT2D eigenvalue weighted by Crippen LogP contribution is 2.37. The molecule has 3 rings (SSSR count). The number of rotatable bonds is 4. The third-order valence-electron chi connectivity index (χ3n) is 4.89. The lowest BCUT2D eigenvalue weighted by Gasteiger charge is -2.26. The van der Waals surface area contributed by atoms with E-state index < -0.39 is 0 Å². The normalized spacial score (nSPS) is 18.9. The first-order chi connectivity index (χ1) is 9.64. The van der Waals surface area contributed by atoms with E-state index in [1.54, 1.807) is 11.3 Å². The number of likely N-dealkylation sites (tertiary alicyclic amines) is 1. The second-order valence-electron chi connectivity index (χ2n) is 6.02. The van der Waals surface area contributed by atoms with E-state index in [0.29, 0.717) is 10.5 Å². The zero-order chi connectivity index (χ0) is 14.2. The summed E-state index contributed by atoms with van der Waals surface area (Å²) in [5, 5.41) is 0.661. The van der Waals surface area contributed by atoms with Crippen LogP contribution in [0.5, 0.6) is 0 Å². The number of benzene rings is 1. The van der Waals surface area contributed by atoms with Gasteiger partial charge in [0.05, 0.1) is 10.2 Å². The minimum absolute atomic E-state index is 0.555. The fourth-order valence-corrected chi connectivity index (χ4v) is 4.13. The van der Waals surface area contributed by atoms with Gasteiger partial charge >= 0.3 is 0 Å². The zero-order valence-electron chi connectivity index (χ0n) is 12.4. The highest BCUT2D eigenvalue weighted by Gasteiger charge is 2.34. The molecule has 0 spiro atoms. The minimum atomic E-state index is 0.555. The molecule has 0 radical (unpaired) electrons. The van der Waals surface area contributed by atoms with Gasteiger partial charge in [0.2, 0.25) is 0 Å². The lowest BCUT2D eigenvalue weighted by atomic mass is 9.82. The van der Waals surface area contributed by atoms with Crippen molar-refractivity contribution in [1.82, 2.24) is 9.88 Å². The zero-order valence-corrected chi connectivity index (χ0v) is 13.2. The monoisotopic (exact) mass is 289 g/mol. The molecule has 0 bridgehead atoms. The molecule has 1 fully saturated rings. The average molecular weight is 289 g/mol. The van der Waals surface area contributed by atoms with E-state index in [2.05, 4.69) is 41.9 Å².